The van der Waals surface area contributed by atoms with Gasteiger partial charge in [-0.25, -0.2) is 0 Å². The van der Waals surface area contributed by atoms with Crippen molar-refractivity contribution < 1.29 is 5.11 Å². The average molecular weight is 439 g/mol. The number of aromatic hydroxyl groups is 1. The van der Waals surface area contributed by atoms with Crippen molar-refractivity contribution in [3.8, 4) is 5.75 Å². The van der Waals surface area contributed by atoms with Crippen molar-refractivity contribution in [3.05, 3.63) is 86.9 Å². The van der Waals surface area contributed by atoms with E-state index in [9.17, 15) is 5.11 Å². The van der Waals surface area contributed by atoms with E-state index < -0.39 is 0 Å². The molecule has 2 N–H and O–H groups in total. The minimum Gasteiger partial charge on any atom is -0.507 e. The van der Waals surface area contributed by atoms with Crippen molar-refractivity contribution in [2.75, 3.05) is 0 Å². The second-order valence-corrected chi connectivity index (χ2v) is 7.33. The Kier molecular flexibility index (Phi) is 4.87. The summed E-state index contributed by atoms with van der Waals surface area (Å²) in [6.07, 6.45) is 2.21. The summed E-state index contributed by atoms with van der Waals surface area (Å²) in [7, 11) is 0. The molecular formula is C20H15BrN4OS. The molecule has 5 nitrogen and oxygen atoms in total. The topological polar surface area (TPSA) is 66.2 Å². The van der Waals surface area contributed by atoms with Crippen LogP contribution >= 0.6 is 28.1 Å². The van der Waals surface area contributed by atoms with E-state index in [4.69, 9.17) is 12.2 Å². The number of nitrogens with zero attached hydrogens (tertiary/aromatic N) is 3. The molecule has 1 heterocycles. The largest absolute Gasteiger partial charge is 0.507 e. The van der Waals surface area contributed by atoms with Crippen molar-refractivity contribution in [3.63, 3.8) is 0 Å². The highest BCUT2D eigenvalue weighted by molar-refractivity contribution is 9.10. The number of phenols is 1. The van der Waals surface area contributed by atoms with Crippen LogP contribution in [0.5, 0.6) is 5.75 Å². The zero-order chi connectivity index (χ0) is 18.8. The number of fused-ring (bicyclic) bond motifs is 1. The summed E-state index contributed by atoms with van der Waals surface area (Å²) >= 11 is 8.78. The lowest BCUT2D eigenvalue weighted by atomic mass is 10.0. The third kappa shape index (κ3) is 3.70. The van der Waals surface area contributed by atoms with Gasteiger partial charge in [0.25, 0.3) is 0 Å². The summed E-state index contributed by atoms with van der Waals surface area (Å²) in [5, 5.41) is 23.8. The van der Waals surface area contributed by atoms with Crippen LogP contribution in [0.2, 0.25) is 0 Å². The molecule has 0 aliphatic heterocycles. The molecule has 0 aliphatic rings. The first-order valence-corrected chi connectivity index (χ1v) is 9.48. The van der Waals surface area contributed by atoms with Gasteiger partial charge in [0.05, 0.1) is 6.21 Å². The van der Waals surface area contributed by atoms with Crippen LogP contribution in [0.4, 0.5) is 0 Å². The molecule has 1 aromatic heterocycles. The molecule has 0 radical (unpaired) electrons. The van der Waals surface area contributed by atoms with Crippen molar-refractivity contribution in [1.29, 1.82) is 0 Å². The van der Waals surface area contributed by atoms with Crippen molar-refractivity contribution in [1.82, 2.24) is 14.9 Å². The standard InChI is InChI=1S/C20H15BrN4OS/c21-15-7-8-16-14(11-15)6-9-18(26)17(16)12-22-25-19(23-24-20(25)27)10-13-4-2-1-3-5-13/h1-9,11-12,26H,10H2,(H,24,27)/b22-12-. The summed E-state index contributed by atoms with van der Waals surface area (Å²) in [5.74, 6) is 0.859. The molecule has 27 heavy (non-hydrogen) atoms. The zero-order valence-electron chi connectivity index (χ0n) is 14.1. The van der Waals surface area contributed by atoms with Gasteiger partial charge in [-0.05, 0) is 46.8 Å². The summed E-state index contributed by atoms with van der Waals surface area (Å²) < 4.78 is 2.96. The number of benzene rings is 3. The van der Waals surface area contributed by atoms with Crippen molar-refractivity contribution in [2.45, 2.75) is 6.42 Å². The third-order valence-corrected chi connectivity index (χ3v) is 4.98. The minimum absolute atomic E-state index is 0.160. The van der Waals surface area contributed by atoms with Gasteiger partial charge in [-0.1, -0.05) is 58.4 Å². The predicted molar refractivity (Wildman–Crippen MR) is 113 cm³/mol. The van der Waals surface area contributed by atoms with Crippen molar-refractivity contribution in [2.24, 2.45) is 5.10 Å². The second-order valence-electron chi connectivity index (χ2n) is 6.03. The van der Waals surface area contributed by atoms with Crippen LogP contribution in [-0.4, -0.2) is 26.2 Å². The lowest BCUT2D eigenvalue weighted by Crippen LogP contribution is -2.00. The van der Waals surface area contributed by atoms with E-state index in [1.165, 1.54) is 0 Å². The number of H-pyrrole nitrogens is 1. The maximum atomic E-state index is 10.3. The average Bonchev–Trinajstić information content (AvgIpc) is 3.01. The quantitative estimate of drug-likeness (QED) is 0.346. The highest BCUT2D eigenvalue weighted by Gasteiger charge is 2.08. The predicted octanol–water partition coefficient (Wildman–Crippen LogP) is 5.03. The van der Waals surface area contributed by atoms with Crippen LogP contribution < -0.4 is 0 Å². The van der Waals surface area contributed by atoms with E-state index in [2.05, 4.69) is 31.2 Å². The molecule has 0 saturated carbocycles. The summed E-state index contributed by atoms with van der Waals surface area (Å²) in [6.45, 7) is 0. The lowest BCUT2D eigenvalue weighted by Gasteiger charge is -2.06. The van der Waals surface area contributed by atoms with Crippen molar-refractivity contribution >= 4 is 45.1 Å². The molecule has 0 fully saturated rings. The van der Waals surface area contributed by atoms with Crippen LogP contribution in [0.15, 0.2) is 70.2 Å². The summed E-state index contributed by atoms with van der Waals surface area (Å²) in [4.78, 5) is 0. The fraction of sp³-hybridized carbons (Fsp3) is 0.0500. The fourth-order valence-corrected chi connectivity index (χ4v) is 3.48. The Hall–Kier alpha value is -2.77. The van der Waals surface area contributed by atoms with Gasteiger partial charge in [0.15, 0.2) is 5.82 Å². The van der Waals surface area contributed by atoms with Crippen LogP contribution in [0.25, 0.3) is 10.8 Å². The number of aromatic nitrogens is 3. The van der Waals surface area contributed by atoms with Gasteiger partial charge in [0.1, 0.15) is 5.75 Å². The van der Waals surface area contributed by atoms with Gasteiger partial charge >= 0.3 is 0 Å². The molecular weight excluding hydrogens is 424 g/mol. The molecule has 4 rings (SSSR count). The molecule has 0 spiro atoms. The van der Waals surface area contributed by atoms with E-state index in [-0.39, 0.29) is 5.75 Å². The Balaban J connectivity index is 1.74. The number of aromatic amines is 1. The van der Waals surface area contributed by atoms with E-state index >= 15 is 0 Å². The van der Waals surface area contributed by atoms with Crippen LogP contribution in [0.3, 0.4) is 0 Å². The SMILES string of the molecule is Oc1ccc2cc(Br)ccc2c1/C=N\n1c(Cc2ccccc2)n[nH]c1=S. The Bertz CT molecular complexity index is 1200. The maximum absolute atomic E-state index is 10.3. The number of hydrogen-bond donors (Lipinski definition) is 2. The molecule has 0 atom stereocenters. The lowest BCUT2D eigenvalue weighted by molar-refractivity contribution is 0.475. The van der Waals surface area contributed by atoms with Crippen LogP contribution in [0.1, 0.15) is 17.0 Å². The van der Waals surface area contributed by atoms with Gasteiger partial charge in [0.2, 0.25) is 4.77 Å². The Morgan fingerprint density at radius 1 is 1.15 bits per heavy atom. The van der Waals surface area contributed by atoms with Gasteiger partial charge in [-0.2, -0.15) is 14.9 Å². The van der Waals surface area contributed by atoms with E-state index in [0.29, 0.717) is 22.6 Å². The Morgan fingerprint density at radius 2 is 1.96 bits per heavy atom. The van der Waals surface area contributed by atoms with Crippen LogP contribution in [0, 0.1) is 4.77 Å². The first-order chi connectivity index (χ1) is 13.1. The summed E-state index contributed by atoms with van der Waals surface area (Å²) in [5.41, 5.74) is 1.74. The third-order valence-electron chi connectivity index (χ3n) is 4.23. The van der Waals surface area contributed by atoms with Gasteiger partial charge in [-0.15, -0.1) is 0 Å². The summed E-state index contributed by atoms with van der Waals surface area (Å²) in [6, 6.07) is 19.4. The van der Waals surface area contributed by atoms with Gasteiger partial charge in [-0.3, -0.25) is 5.10 Å². The number of phenolic OH excluding ortho intramolecular Hbond substituents is 1. The molecule has 3 aromatic carbocycles. The van der Waals surface area contributed by atoms with E-state index in [1.807, 2.05) is 54.6 Å². The number of rotatable bonds is 4. The molecule has 0 amide bonds. The minimum atomic E-state index is 0.160. The maximum Gasteiger partial charge on any atom is 0.216 e. The molecule has 0 saturated heterocycles. The van der Waals surface area contributed by atoms with Gasteiger partial charge < -0.3 is 5.11 Å². The Labute approximate surface area is 169 Å². The van der Waals surface area contributed by atoms with E-state index in [0.717, 1.165) is 20.8 Å². The van der Waals surface area contributed by atoms with E-state index in [1.54, 1.807) is 17.0 Å². The fourth-order valence-electron chi connectivity index (χ4n) is 2.90. The molecule has 0 unspecified atom stereocenters. The first kappa shape index (κ1) is 17.6. The molecule has 134 valence electrons. The van der Waals surface area contributed by atoms with Gasteiger partial charge in [0, 0.05) is 16.5 Å². The highest BCUT2D eigenvalue weighted by atomic mass is 79.9. The smallest absolute Gasteiger partial charge is 0.216 e. The number of halogens is 1. The van der Waals surface area contributed by atoms with Crippen LogP contribution in [-0.2, 0) is 6.42 Å². The molecule has 0 bridgehead atoms. The monoisotopic (exact) mass is 438 g/mol. The number of hydrogen-bond acceptors (Lipinski definition) is 4. The highest BCUT2D eigenvalue weighted by Crippen LogP contribution is 2.28. The number of nitrogens with one attached hydrogen (secondary N) is 1. The Morgan fingerprint density at radius 3 is 2.78 bits per heavy atom. The normalized spacial score (nSPS) is 11.4. The molecule has 0 aliphatic carbocycles. The zero-order valence-corrected chi connectivity index (χ0v) is 16.5. The molecule has 7 heteroatoms. The first-order valence-electron chi connectivity index (χ1n) is 8.27. The second kappa shape index (κ2) is 7.46. The molecule has 4 aromatic rings.